The van der Waals surface area contributed by atoms with E-state index in [1.807, 2.05) is 12.1 Å². The molecule has 0 unspecified atom stereocenters. The molecular formula is C16H19ClN2O2. The largest absolute Gasteiger partial charge is 0.495 e. The number of pyridine rings is 1. The molecule has 1 aromatic heterocycles. The monoisotopic (exact) mass is 306 g/mol. The molecular weight excluding hydrogens is 288 g/mol. The van der Waals surface area contributed by atoms with E-state index in [0.717, 1.165) is 24.1 Å². The lowest BCUT2D eigenvalue weighted by Crippen LogP contribution is -2.24. The van der Waals surface area contributed by atoms with Gasteiger partial charge < -0.3 is 15.0 Å². The maximum Gasteiger partial charge on any atom is 0.274 e. The Morgan fingerprint density at radius 1 is 1.29 bits per heavy atom. The average Bonchev–Trinajstić information content (AvgIpc) is 2.48. The van der Waals surface area contributed by atoms with Crippen LogP contribution in [0.5, 0.6) is 5.75 Å². The van der Waals surface area contributed by atoms with Gasteiger partial charge in [0.2, 0.25) is 0 Å². The summed E-state index contributed by atoms with van der Waals surface area (Å²) in [6.07, 6.45) is 1.92. The summed E-state index contributed by atoms with van der Waals surface area (Å²) in [7, 11) is 1.57. The quantitative estimate of drug-likeness (QED) is 0.919. The number of hydrogen-bond acceptors (Lipinski definition) is 3. The van der Waals surface area contributed by atoms with E-state index < -0.39 is 0 Å². The van der Waals surface area contributed by atoms with Gasteiger partial charge in [-0.05, 0) is 42.3 Å². The van der Waals surface area contributed by atoms with Crippen molar-refractivity contribution in [2.24, 2.45) is 0 Å². The van der Waals surface area contributed by atoms with Crippen LogP contribution >= 0.6 is 11.6 Å². The van der Waals surface area contributed by atoms with E-state index in [-0.39, 0.29) is 11.2 Å². The zero-order valence-corrected chi connectivity index (χ0v) is 13.0. The Morgan fingerprint density at radius 3 is 2.67 bits per heavy atom. The van der Waals surface area contributed by atoms with Crippen molar-refractivity contribution in [2.45, 2.75) is 26.3 Å². The highest BCUT2D eigenvalue weighted by atomic mass is 35.5. The lowest BCUT2D eigenvalue weighted by molar-refractivity contribution is 0.415. The molecule has 1 aromatic carbocycles. The first-order valence-corrected chi connectivity index (χ1v) is 7.29. The summed E-state index contributed by atoms with van der Waals surface area (Å²) in [5, 5.41) is 0.515. The van der Waals surface area contributed by atoms with E-state index in [1.54, 1.807) is 29.9 Å². The van der Waals surface area contributed by atoms with Gasteiger partial charge in [-0.3, -0.25) is 4.79 Å². The molecule has 112 valence electrons. The van der Waals surface area contributed by atoms with Crippen LogP contribution in [0.25, 0.3) is 11.3 Å². The Morgan fingerprint density at radius 2 is 2.05 bits per heavy atom. The van der Waals surface area contributed by atoms with Crippen LogP contribution in [0.3, 0.4) is 0 Å². The molecule has 5 heteroatoms. The lowest BCUT2D eigenvalue weighted by atomic mass is 10.1. The summed E-state index contributed by atoms with van der Waals surface area (Å²) in [6, 6.07) is 8.97. The SMILES string of the molecule is CCCCn1c(-c2ccc(OC)c(Cl)c2)ccc(N)c1=O. The van der Waals surface area contributed by atoms with Crippen molar-refractivity contribution >= 4 is 17.3 Å². The summed E-state index contributed by atoms with van der Waals surface area (Å²) < 4.78 is 6.86. The van der Waals surface area contributed by atoms with E-state index in [2.05, 4.69) is 6.92 Å². The fourth-order valence-electron chi connectivity index (χ4n) is 2.21. The Labute approximate surface area is 129 Å². The van der Waals surface area contributed by atoms with Crippen LogP contribution < -0.4 is 16.0 Å². The van der Waals surface area contributed by atoms with Gasteiger partial charge in [-0.1, -0.05) is 24.9 Å². The van der Waals surface area contributed by atoms with Gasteiger partial charge in [-0.2, -0.15) is 0 Å². The first-order valence-electron chi connectivity index (χ1n) is 6.91. The minimum atomic E-state index is -0.159. The average molecular weight is 307 g/mol. The maximum absolute atomic E-state index is 12.3. The number of nitrogens with zero attached hydrogens (tertiary/aromatic N) is 1. The normalized spacial score (nSPS) is 10.6. The third-order valence-electron chi connectivity index (χ3n) is 3.39. The van der Waals surface area contributed by atoms with Gasteiger partial charge in [-0.25, -0.2) is 0 Å². The minimum Gasteiger partial charge on any atom is -0.495 e. The second kappa shape index (κ2) is 6.68. The van der Waals surface area contributed by atoms with Crippen LogP contribution in [0.1, 0.15) is 19.8 Å². The van der Waals surface area contributed by atoms with Gasteiger partial charge in [0.1, 0.15) is 5.75 Å². The Hall–Kier alpha value is -1.94. The third kappa shape index (κ3) is 3.22. The molecule has 0 saturated heterocycles. The van der Waals surface area contributed by atoms with Crippen LogP contribution in [-0.2, 0) is 6.54 Å². The molecule has 0 aliphatic heterocycles. The standard InChI is InChI=1S/C16H19ClN2O2/c1-3-4-9-19-14(7-6-13(18)16(19)20)11-5-8-15(21-2)12(17)10-11/h5-8,10H,3-4,9,18H2,1-2H3. The second-order valence-corrected chi connectivity index (χ2v) is 5.24. The van der Waals surface area contributed by atoms with Crippen molar-refractivity contribution in [3.05, 3.63) is 45.7 Å². The van der Waals surface area contributed by atoms with Gasteiger partial charge in [0.15, 0.2) is 0 Å². The lowest BCUT2D eigenvalue weighted by Gasteiger charge is -2.14. The molecule has 1 heterocycles. The molecule has 4 nitrogen and oxygen atoms in total. The minimum absolute atomic E-state index is 0.159. The van der Waals surface area contributed by atoms with E-state index in [4.69, 9.17) is 22.1 Å². The second-order valence-electron chi connectivity index (χ2n) is 4.83. The summed E-state index contributed by atoms with van der Waals surface area (Å²) in [6.45, 7) is 2.72. The number of benzene rings is 1. The van der Waals surface area contributed by atoms with Crippen molar-refractivity contribution in [2.75, 3.05) is 12.8 Å². The van der Waals surface area contributed by atoms with E-state index in [1.165, 1.54) is 0 Å². The van der Waals surface area contributed by atoms with Crippen molar-refractivity contribution in [3.63, 3.8) is 0 Å². The summed E-state index contributed by atoms with van der Waals surface area (Å²) in [5.41, 5.74) is 7.52. The van der Waals surface area contributed by atoms with Crippen LogP contribution in [-0.4, -0.2) is 11.7 Å². The molecule has 0 aliphatic rings. The highest BCUT2D eigenvalue weighted by Gasteiger charge is 2.10. The third-order valence-corrected chi connectivity index (χ3v) is 3.68. The van der Waals surface area contributed by atoms with Crippen molar-refractivity contribution in [1.29, 1.82) is 0 Å². The molecule has 21 heavy (non-hydrogen) atoms. The highest BCUT2D eigenvalue weighted by molar-refractivity contribution is 6.32. The van der Waals surface area contributed by atoms with Gasteiger partial charge in [0.05, 0.1) is 23.5 Å². The van der Waals surface area contributed by atoms with Crippen LogP contribution in [0.15, 0.2) is 35.1 Å². The molecule has 2 N–H and O–H groups in total. The topological polar surface area (TPSA) is 57.2 Å². The van der Waals surface area contributed by atoms with Crippen molar-refractivity contribution < 1.29 is 4.74 Å². The van der Waals surface area contributed by atoms with E-state index in [9.17, 15) is 4.79 Å². The molecule has 0 aliphatic carbocycles. The van der Waals surface area contributed by atoms with E-state index in [0.29, 0.717) is 17.3 Å². The number of halogens is 1. The van der Waals surface area contributed by atoms with Gasteiger partial charge in [0, 0.05) is 6.54 Å². The fraction of sp³-hybridized carbons (Fsp3) is 0.312. The highest BCUT2D eigenvalue weighted by Crippen LogP contribution is 2.30. The number of anilines is 1. The number of methoxy groups -OCH3 is 1. The number of nitrogens with two attached hydrogens (primary N) is 1. The van der Waals surface area contributed by atoms with Crippen LogP contribution in [0.4, 0.5) is 5.69 Å². The molecule has 0 spiro atoms. The molecule has 2 rings (SSSR count). The maximum atomic E-state index is 12.3. The number of rotatable bonds is 5. The number of nitrogen functional groups attached to an aromatic ring is 1. The summed E-state index contributed by atoms with van der Waals surface area (Å²) in [5.74, 6) is 0.610. The van der Waals surface area contributed by atoms with Crippen molar-refractivity contribution in [1.82, 2.24) is 4.57 Å². The molecule has 0 fully saturated rings. The van der Waals surface area contributed by atoms with Gasteiger partial charge in [0.25, 0.3) is 5.56 Å². The van der Waals surface area contributed by atoms with Crippen molar-refractivity contribution in [3.8, 4) is 17.0 Å². The Kier molecular flexibility index (Phi) is 4.91. The first-order chi connectivity index (χ1) is 10.1. The predicted octanol–water partition coefficient (Wildman–Crippen LogP) is 3.56. The number of hydrogen-bond donors (Lipinski definition) is 1. The molecule has 0 amide bonds. The molecule has 0 saturated carbocycles. The Bertz CT molecular complexity index is 695. The predicted molar refractivity (Wildman–Crippen MR) is 87.0 cm³/mol. The summed E-state index contributed by atoms with van der Waals surface area (Å²) >= 11 is 6.17. The smallest absolute Gasteiger partial charge is 0.274 e. The fourth-order valence-corrected chi connectivity index (χ4v) is 2.47. The zero-order valence-electron chi connectivity index (χ0n) is 12.2. The molecule has 2 aromatic rings. The first kappa shape index (κ1) is 15.4. The van der Waals surface area contributed by atoms with Gasteiger partial charge in [-0.15, -0.1) is 0 Å². The molecule has 0 radical (unpaired) electrons. The van der Waals surface area contributed by atoms with Crippen LogP contribution in [0, 0.1) is 0 Å². The number of ether oxygens (including phenoxy) is 1. The molecule has 0 bridgehead atoms. The number of aromatic nitrogens is 1. The number of unbranched alkanes of at least 4 members (excludes halogenated alkanes) is 1. The summed E-state index contributed by atoms with van der Waals surface area (Å²) in [4.78, 5) is 12.3. The zero-order chi connectivity index (χ0) is 15.4. The van der Waals surface area contributed by atoms with E-state index >= 15 is 0 Å². The van der Waals surface area contributed by atoms with Gasteiger partial charge >= 0.3 is 0 Å². The Balaban J connectivity index is 2.55. The molecule has 0 atom stereocenters. The van der Waals surface area contributed by atoms with Crippen LogP contribution in [0.2, 0.25) is 5.02 Å².